The number of rotatable bonds is 5. The Morgan fingerprint density at radius 2 is 1.95 bits per heavy atom. The molecule has 1 amide bonds. The standard InChI is InChI=1S/C13H15N5OS/c1-4-8-9(5-14)12(18(2)3)17-13(10(8)6-15)20-7-11(16)19/h4,7H2,1-3H3,(H2,16,19). The summed E-state index contributed by atoms with van der Waals surface area (Å²) in [7, 11) is 3.55. The van der Waals surface area contributed by atoms with Crippen molar-refractivity contribution in [3.05, 3.63) is 16.7 Å². The predicted molar refractivity (Wildman–Crippen MR) is 77.3 cm³/mol. The van der Waals surface area contributed by atoms with Crippen LogP contribution in [0.3, 0.4) is 0 Å². The van der Waals surface area contributed by atoms with Gasteiger partial charge in [0.15, 0.2) is 0 Å². The summed E-state index contributed by atoms with van der Waals surface area (Å²) < 4.78 is 0. The second-order valence-corrected chi connectivity index (χ2v) is 5.16. The van der Waals surface area contributed by atoms with E-state index in [9.17, 15) is 15.3 Å². The Kier molecular flexibility index (Phi) is 5.36. The zero-order valence-corrected chi connectivity index (χ0v) is 12.4. The molecule has 0 spiro atoms. The number of hydrogen-bond acceptors (Lipinski definition) is 6. The summed E-state index contributed by atoms with van der Waals surface area (Å²) in [5.74, 6) is 0.0636. The van der Waals surface area contributed by atoms with E-state index in [1.807, 2.05) is 6.92 Å². The maximum absolute atomic E-state index is 10.9. The average Bonchev–Trinajstić information content (AvgIpc) is 2.42. The molecule has 7 heteroatoms. The van der Waals surface area contributed by atoms with Crippen molar-refractivity contribution in [3.8, 4) is 12.1 Å². The first-order valence-corrected chi connectivity index (χ1v) is 6.90. The van der Waals surface area contributed by atoms with Gasteiger partial charge in [-0.3, -0.25) is 4.79 Å². The number of anilines is 1. The van der Waals surface area contributed by atoms with Crippen LogP contribution in [0.15, 0.2) is 5.03 Å². The molecule has 20 heavy (non-hydrogen) atoms. The van der Waals surface area contributed by atoms with Gasteiger partial charge in [0, 0.05) is 14.1 Å². The number of carbonyl (C=O) groups excluding carboxylic acids is 1. The van der Waals surface area contributed by atoms with E-state index in [-0.39, 0.29) is 5.75 Å². The molecule has 6 nitrogen and oxygen atoms in total. The molecule has 0 aliphatic heterocycles. The molecular formula is C13H15N5OS. The number of nitriles is 2. The SMILES string of the molecule is CCc1c(C#N)c(SCC(N)=O)nc(N(C)C)c1C#N. The first kappa shape index (κ1) is 15.8. The van der Waals surface area contributed by atoms with Crippen LogP contribution in [0.25, 0.3) is 0 Å². The second kappa shape index (κ2) is 6.78. The maximum Gasteiger partial charge on any atom is 0.227 e. The molecule has 0 saturated carbocycles. The summed E-state index contributed by atoms with van der Waals surface area (Å²) in [6, 6.07) is 4.18. The summed E-state index contributed by atoms with van der Waals surface area (Å²) in [4.78, 5) is 16.9. The smallest absolute Gasteiger partial charge is 0.227 e. The van der Waals surface area contributed by atoms with Gasteiger partial charge in [-0.15, -0.1) is 0 Å². The molecular weight excluding hydrogens is 274 g/mol. The van der Waals surface area contributed by atoms with E-state index in [4.69, 9.17) is 5.73 Å². The van der Waals surface area contributed by atoms with Crippen LogP contribution in [0.4, 0.5) is 5.82 Å². The number of primary amides is 1. The molecule has 0 aliphatic carbocycles. The molecule has 0 aromatic carbocycles. The molecule has 1 rings (SSSR count). The predicted octanol–water partition coefficient (Wildman–Crippen LogP) is 1.03. The molecule has 0 aliphatic rings. The van der Waals surface area contributed by atoms with Crippen LogP contribution in [0.2, 0.25) is 0 Å². The number of nitrogens with two attached hydrogens (primary N) is 1. The van der Waals surface area contributed by atoms with Crippen LogP contribution >= 0.6 is 11.8 Å². The highest BCUT2D eigenvalue weighted by Crippen LogP contribution is 2.30. The largest absolute Gasteiger partial charge is 0.369 e. The summed E-state index contributed by atoms with van der Waals surface area (Å²) >= 11 is 1.12. The summed E-state index contributed by atoms with van der Waals surface area (Å²) in [6.45, 7) is 1.87. The number of thioether (sulfide) groups is 1. The maximum atomic E-state index is 10.9. The van der Waals surface area contributed by atoms with E-state index in [0.29, 0.717) is 34.0 Å². The fourth-order valence-corrected chi connectivity index (χ4v) is 2.49. The highest BCUT2D eigenvalue weighted by molar-refractivity contribution is 8.00. The van der Waals surface area contributed by atoms with Crippen molar-refractivity contribution < 1.29 is 4.79 Å². The zero-order chi connectivity index (χ0) is 15.3. The van der Waals surface area contributed by atoms with Gasteiger partial charge in [0.1, 0.15) is 23.0 Å². The Hall–Kier alpha value is -2.25. The van der Waals surface area contributed by atoms with E-state index in [1.54, 1.807) is 19.0 Å². The lowest BCUT2D eigenvalue weighted by Gasteiger charge is -2.18. The molecule has 1 aromatic heterocycles. The lowest BCUT2D eigenvalue weighted by molar-refractivity contribution is -0.115. The van der Waals surface area contributed by atoms with Gasteiger partial charge in [0.2, 0.25) is 5.91 Å². The van der Waals surface area contributed by atoms with E-state index in [0.717, 1.165) is 11.8 Å². The molecule has 0 saturated heterocycles. The van der Waals surface area contributed by atoms with Crippen molar-refractivity contribution in [2.45, 2.75) is 18.4 Å². The van der Waals surface area contributed by atoms with Gasteiger partial charge in [-0.25, -0.2) is 4.98 Å². The number of hydrogen-bond donors (Lipinski definition) is 1. The Labute approximate surface area is 122 Å². The molecule has 0 unspecified atom stereocenters. The highest BCUT2D eigenvalue weighted by Gasteiger charge is 2.20. The number of pyridine rings is 1. The lowest BCUT2D eigenvalue weighted by atomic mass is 10.0. The third-order valence-electron chi connectivity index (χ3n) is 2.60. The van der Waals surface area contributed by atoms with E-state index in [2.05, 4.69) is 17.1 Å². The van der Waals surface area contributed by atoms with Crippen molar-refractivity contribution in [1.29, 1.82) is 10.5 Å². The number of carbonyl (C=O) groups is 1. The fourth-order valence-electron chi connectivity index (χ4n) is 1.75. The van der Waals surface area contributed by atoms with Crippen LogP contribution in [-0.2, 0) is 11.2 Å². The van der Waals surface area contributed by atoms with Crippen LogP contribution in [0.1, 0.15) is 23.6 Å². The first-order valence-electron chi connectivity index (χ1n) is 5.91. The van der Waals surface area contributed by atoms with Crippen LogP contribution in [-0.4, -0.2) is 30.7 Å². The quantitative estimate of drug-likeness (QED) is 0.811. The monoisotopic (exact) mass is 289 g/mol. The molecule has 0 bridgehead atoms. The third kappa shape index (κ3) is 3.19. The second-order valence-electron chi connectivity index (χ2n) is 4.20. The van der Waals surface area contributed by atoms with Crippen molar-refractivity contribution >= 4 is 23.5 Å². The zero-order valence-electron chi connectivity index (χ0n) is 11.6. The van der Waals surface area contributed by atoms with Crippen molar-refractivity contribution in [2.24, 2.45) is 5.73 Å². The fraction of sp³-hybridized carbons (Fsp3) is 0.385. The van der Waals surface area contributed by atoms with E-state index < -0.39 is 5.91 Å². The minimum atomic E-state index is -0.477. The average molecular weight is 289 g/mol. The van der Waals surface area contributed by atoms with Gasteiger partial charge >= 0.3 is 0 Å². The highest BCUT2D eigenvalue weighted by atomic mass is 32.2. The number of amides is 1. The molecule has 2 N–H and O–H groups in total. The minimum Gasteiger partial charge on any atom is -0.369 e. The van der Waals surface area contributed by atoms with Gasteiger partial charge in [-0.2, -0.15) is 10.5 Å². The molecule has 1 aromatic rings. The third-order valence-corrected chi connectivity index (χ3v) is 3.60. The van der Waals surface area contributed by atoms with E-state index in [1.165, 1.54) is 0 Å². The topological polar surface area (TPSA) is 107 Å². The first-order chi connectivity index (χ1) is 9.46. The molecule has 0 atom stereocenters. The Balaban J connectivity index is 3.52. The van der Waals surface area contributed by atoms with Gasteiger partial charge < -0.3 is 10.6 Å². The molecule has 104 valence electrons. The molecule has 1 heterocycles. The van der Waals surface area contributed by atoms with Gasteiger partial charge in [-0.1, -0.05) is 18.7 Å². The minimum absolute atomic E-state index is 0.0452. The molecule has 0 fully saturated rings. The summed E-state index contributed by atoms with van der Waals surface area (Å²) in [6.07, 6.45) is 0.541. The van der Waals surface area contributed by atoms with Crippen LogP contribution in [0.5, 0.6) is 0 Å². The van der Waals surface area contributed by atoms with Crippen LogP contribution < -0.4 is 10.6 Å². The van der Waals surface area contributed by atoms with Gasteiger partial charge in [0.05, 0.1) is 16.9 Å². The van der Waals surface area contributed by atoms with E-state index >= 15 is 0 Å². The lowest BCUT2D eigenvalue weighted by Crippen LogP contribution is -2.17. The number of nitrogens with zero attached hydrogens (tertiary/aromatic N) is 4. The van der Waals surface area contributed by atoms with Crippen LogP contribution in [0, 0.1) is 22.7 Å². The molecule has 0 radical (unpaired) electrons. The van der Waals surface area contributed by atoms with Crippen molar-refractivity contribution in [1.82, 2.24) is 4.98 Å². The summed E-state index contributed by atoms with van der Waals surface area (Å²) in [5, 5.41) is 19.0. The Bertz CT molecular complexity index is 613. The van der Waals surface area contributed by atoms with Crippen molar-refractivity contribution in [2.75, 3.05) is 24.7 Å². The summed E-state index contributed by atoms with van der Waals surface area (Å²) in [5.41, 5.74) is 6.52. The number of aromatic nitrogens is 1. The van der Waals surface area contributed by atoms with Crippen molar-refractivity contribution in [3.63, 3.8) is 0 Å². The van der Waals surface area contributed by atoms with Gasteiger partial charge in [-0.05, 0) is 12.0 Å². The van der Waals surface area contributed by atoms with Gasteiger partial charge in [0.25, 0.3) is 0 Å². The normalized spacial score (nSPS) is 9.65. The Morgan fingerprint density at radius 1 is 1.35 bits per heavy atom. The Morgan fingerprint density at radius 3 is 2.35 bits per heavy atom.